The molecule has 0 fully saturated rings. The summed E-state index contributed by atoms with van der Waals surface area (Å²) in [6.07, 6.45) is 4.17. The van der Waals surface area contributed by atoms with Gasteiger partial charge in [-0.05, 0) is 12.5 Å². The standard InChI is InChI=1S/C3H8S.C2H6/c1-4(2)3;1-2/h1H2,2-3H3;1-2H3. The molecule has 0 aromatic heterocycles. The van der Waals surface area contributed by atoms with Crippen LogP contribution >= 0.6 is 10.5 Å². The van der Waals surface area contributed by atoms with Crippen molar-refractivity contribution in [1.82, 2.24) is 0 Å². The SMILES string of the molecule is C=S(C)C.CC. The van der Waals surface area contributed by atoms with Crippen LogP contribution < -0.4 is 0 Å². The summed E-state index contributed by atoms with van der Waals surface area (Å²) in [5.41, 5.74) is 0. The minimum Gasteiger partial charge on any atom is -0.199 e. The van der Waals surface area contributed by atoms with Gasteiger partial charge in [0.05, 0.1) is 0 Å². The lowest BCUT2D eigenvalue weighted by Crippen LogP contribution is -1.42. The molecule has 0 unspecified atom stereocenters. The fourth-order valence-electron chi connectivity index (χ4n) is 0. The van der Waals surface area contributed by atoms with Crippen molar-refractivity contribution in [1.29, 1.82) is 0 Å². The van der Waals surface area contributed by atoms with Crippen LogP contribution in [0.2, 0.25) is 0 Å². The Bertz CT molecular complexity index is 26.9. The van der Waals surface area contributed by atoms with Gasteiger partial charge in [-0.15, -0.1) is 0 Å². The highest BCUT2D eigenvalue weighted by Gasteiger charge is 1.47. The van der Waals surface area contributed by atoms with Crippen LogP contribution in [0.15, 0.2) is 0 Å². The molecule has 0 aliphatic rings. The van der Waals surface area contributed by atoms with E-state index < -0.39 is 0 Å². The van der Waals surface area contributed by atoms with Gasteiger partial charge < -0.3 is 0 Å². The highest BCUT2D eigenvalue weighted by atomic mass is 32.2. The lowest BCUT2D eigenvalue weighted by molar-refractivity contribution is 1.50. The highest BCUT2D eigenvalue weighted by Crippen LogP contribution is 1.86. The molecule has 0 radical (unpaired) electrons. The summed E-state index contributed by atoms with van der Waals surface area (Å²) >= 11 is 0. The third-order valence-electron chi connectivity index (χ3n) is 0. The van der Waals surface area contributed by atoms with Gasteiger partial charge in [0, 0.05) is 0 Å². The summed E-state index contributed by atoms with van der Waals surface area (Å²) in [6, 6.07) is 0. The number of hydrogen-bond donors (Lipinski definition) is 0. The molecule has 0 heterocycles. The van der Waals surface area contributed by atoms with Gasteiger partial charge in [0.2, 0.25) is 0 Å². The van der Waals surface area contributed by atoms with E-state index in [4.69, 9.17) is 0 Å². The smallest absolute Gasteiger partial charge is 0.0242 e. The van der Waals surface area contributed by atoms with E-state index >= 15 is 0 Å². The van der Waals surface area contributed by atoms with Gasteiger partial charge >= 0.3 is 0 Å². The second kappa shape index (κ2) is 8.97. The molecule has 0 bridgehead atoms. The average Bonchev–Trinajstić information content (AvgIpc) is 1.41. The second-order valence-corrected chi connectivity index (χ2v) is 2.96. The van der Waals surface area contributed by atoms with Crippen molar-refractivity contribution in [3.05, 3.63) is 0 Å². The summed E-state index contributed by atoms with van der Waals surface area (Å²) in [6.45, 7) is 4.00. The van der Waals surface area contributed by atoms with Crippen molar-refractivity contribution in [2.45, 2.75) is 13.8 Å². The number of hydrogen-bond acceptors (Lipinski definition) is 0. The molecule has 0 aliphatic heterocycles. The Morgan fingerprint density at radius 3 is 1.17 bits per heavy atom. The van der Waals surface area contributed by atoms with Crippen LogP contribution in [-0.2, 0) is 0 Å². The molecule has 0 saturated heterocycles. The molecule has 0 saturated carbocycles. The van der Waals surface area contributed by atoms with Crippen LogP contribution in [0.1, 0.15) is 13.8 Å². The van der Waals surface area contributed by atoms with Crippen LogP contribution in [0.25, 0.3) is 0 Å². The molecule has 0 aliphatic carbocycles. The molecule has 1 heteroatoms. The fraction of sp³-hybridized carbons (Fsp3) is 0.800. The first-order chi connectivity index (χ1) is 2.73. The van der Waals surface area contributed by atoms with Crippen LogP contribution in [0, 0.1) is 0 Å². The molecule has 0 aromatic carbocycles. The van der Waals surface area contributed by atoms with E-state index in [0.29, 0.717) is 10.5 Å². The van der Waals surface area contributed by atoms with Crippen LogP contribution in [0.5, 0.6) is 0 Å². The van der Waals surface area contributed by atoms with Crippen molar-refractivity contribution < 1.29 is 0 Å². The van der Waals surface area contributed by atoms with E-state index in [1.165, 1.54) is 0 Å². The lowest BCUT2D eigenvalue weighted by atomic mass is 11.0. The van der Waals surface area contributed by atoms with Gasteiger partial charge in [-0.3, -0.25) is 0 Å². The molecular weight excluding hydrogens is 92.1 g/mol. The van der Waals surface area contributed by atoms with E-state index in [2.05, 4.69) is 18.4 Å². The van der Waals surface area contributed by atoms with Gasteiger partial charge in [0.25, 0.3) is 0 Å². The molecule has 0 atom stereocenters. The monoisotopic (exact) mass is 106 g/mol. The summed E-state index contributed by atoms with van der Waals surface area (Å²) in [5, 5.41) is 0. The van der Waals surface area contributed by atoms with Gasteiger partial charge in [-0.25, -0.2) is 0 Å². The summed E-state index contributed by atoms with van der Waals surface area (Å²) in [7, 11) is 0.389. The maximum atomic E-state index is 3.67. The van der Waals surface area contributed by atoms with Gasteiger partial charge in [0.1, 0.15) is 0 Å². The molecule has 0 aromatic rings. The number of rotatable bonds is 0. The molecule has 0 N–H and O–H groups in total. The van der Waals surface area contributed by atoms with Crippen molar-refractivity contribution in [3.8, 4) is 0 Å². The highest BCUT2D eigenvalue weighted by molar-refractivity contribution is 8.12. The van der Waals surface area contributed by atoms with E-state index in [-0.39, 0.29) is 0 Å². The molecule has 0 nitrogen and oxygen atoms in total. The third kappa shape index (κ3) is 904. The first-order valence-electron chi connectivity index (χ1n) is 2.11. The summed E-state index contributed by atoms with van der Waals surface area (Å²) < 4.78 is 0. The van der Waals surface area contributed by atoms with Gasteiger partial charge in [0.15, 0.2) is 0 Å². The molecule has 0 rings (SSSR count). The Morgan fingerprint density at radius 2 is 1.17 bits per heavy atom. The minimum absolute atomic E-state index is 0.389. The van der Waals surface area contributed by atoms with Crippen LogP contribution in [-0.4, -0.2) is 18.4 Å². The maximum absolute atomic E-state index is 3.67. The zero-order valence-electron chi connectivity index (χ0n) is 5.12. The largest absolute Gasteiger partial charge is 0.199 e. The predicted octanol–water partition coefficient (Wildman–Crippen LogP) is 1.97. The lowest BCUT2D eigenvalue weighted by Gasteiger charge is -1.70. The van der Waals surface area contributed by atoms with Gasteiger partial charge in [-0.2, -0.15) is 10.5 Å². The van der Waals surface area contributed by atoms with E-state index in [1.54, 1.807) is 0 Å². The fourth-order valence-corrected chi connectivity index (χ4v) is 0. The van der Waals surface area contributed by atoms with Crippen molar-refractivity contribution >= 4 is 16.4 Å². The molecule has 40 valence electrons. The van der Waals surface area contributed by atoms with E-state index in [9.17, 15) is 0 Å². The Kier molecular flexibility index (Phi) is 14.2. The van der Waals surface area contributed by atoms with E-state index in [1.807, 2.05) is 13.8 Å². The Morgan fingerprint density at radius 1 is 1.17 bits per heavy atom. The first kappa shape index (κ1) is 9.52. The molecule has 0 spiro atoms. The van der Waals surface area contributed by atoms with Crippen molar-refractivity contribution in [3.63, 3.8) is 0 Å². The molecular formula is C5H14S. The Balaban J connectivity index is 0. The average molecular weight is 106 g/mol. The maximum Gasteiger partial charge on any atom is -0.0242 e. The summed E-state index contributed by atoms with van der Waals surface area (Å²) in [4.78, 5) is 0. The Labute approximate surface area is 43.5 Å². The van der Waals surface area contributed by atoms with E-state index in [0.717, 1.165) is 0 Å². The molecule has 0 amide bonds. The minimum atomic E-state index is 0.389. The predicted molar refractivity (Wildman–Crippen MR) is 37.9 cm³/mol. The second-order valence-electron chi connectivity index (χ2n) is 0.986. The topological polar surface area (TPSA) is 0 Å². The van der Waals surface area contributed by atoms with Crippen molar-refractivity contribution in [2.75, 3.05) is 12.5 Å². The zero-order valence-corrected chi connectivity index (χ0v) is 5.93. The van der Waals surface area contributed by atoms with Crippen LogP contribution in [0.4, 0.5) is 0 Å². The molecule has 6 heavy (non-hydrogen) atoms. The van der Waals surface area contributed by atoms with Crippen molar-refractivity contribution in [2.24, 2.45) is 0 Å². The Hall–Kier alpha value is 0.220. The van der Waals surface area contributed by atoms with Gasteiger partial charge in [-0.1, -0.05) is 19.7 Å². The third-order valence-corrected chi connectivity index (χ3v) is 0. The zero-order chi connectivity index (χ0) is 5.58. The normalized spacial score (nSPS) is 6.83. The first-order valence-corrected chi connectivity index (χ1v) is 4.32. The van der Waals surface area contributed by atoms with Crippen LogP contribution in [0.3, 0.4) is 0 Å². The quantitative estimate of drug-likeness (QED) is 0.414. The summed E-state index contributed by atoms with van der Waals surface area (Å²) in [5.74, 6) is 3.67.